The first kappa shape index (κ1) is 22.1. The number of rotatable bonds is 11. The van der Waals surface area contributed by atoms with Gasteiger partial charge in [0.15, 0.2) is 0 Å². The summed E-state index contributed by atoms with van der Waals surface area (Å²) in [5, 5.41) is 10.1. The first-order chi connectivity index (χ1) is 11.0. The fourth-order valence-electron chi connectivity index (χ4n) is 2.46. The molecule has 0 spiro atoms. The number of quaternary nitrogens is 1. The highest BCUT2D eigenvalue weighted by molar-refractivity contribution is 5.40. The second-order valence-corrected chi connectivity index (χ2v) is 7.23. The van der Waals surface area contributed by atoms with Crippen molar-refractivity contribution < 1.29 is 5.11 Å². The van der Waals surface area contributed by atoms with E-state index in [1.54, 1.807) is 0 Å². The molecule has 0 saturated carbocycles. The summed E-state index contributed by atoms with van der Waals surface area (Å²) in [7, 11) is 6.49. The number of benzene rings is 1. The predicted molar refractivity (Wildman–Crippen MR) is 103 cm³/mol. The molecule has 0 bridgehead atoms. The number of nitrogens with zero attached hydrogens (tertiary/aromatic N) is 1. The lowest BCUT2D eigenvalue weighted by Gasteiger charge is -2.22. The van der Waals surface area contributed by atoms with Crippen molar-refractivity contribution in [2.75, 3.05) is 27.7 Å². The van der Waals surface area contributed by atoms with E-state index in [1.165, 1.54) is 57.1 Å². The Balaban J connectivity index is 0.000000433. The second-order valence-electron chi connectivity index (χ2n) is 7.23. The average Bonchev–Trinajstić information content (AvgIpc) is 2.54. The van der Waals surface area contributed by atoms with Crippen molar-refractivity contribution in [3.8, 4) is 0 Å². The van der Waals surface area contributed by atoms with Crippen LogP contribution in [0.3, 0.4) is 0 Å². The summed E-state index contributed by atoms with van der Waals surface area (Å²) in [5.74, 6) is 0. The maximum Gasteiger partial charge on any atom is 0.132 e. The minimum atomic E-state index is 0.122. The van der Waals surface area contributed by atoms with Crippen molar-refractivity contribution in [1.82, 2.24) is 4.48 Å². The first-order valence-corrected chi connectivity index (χ1v) is 9.47. The zero-order valence-electron chi connectivity index (χ0n) is 16.0. The van der Waals surface area contributed by atoms with E-state index in [0.717, 1.165) is 17.3 Å². The van der Waals surface area contributed by atoms with Gasteiger partial charge in [-0.05, 0) is 18.6 Å². The standard InChI is InChI=1S/C12H25O.C9H14N/c1-2-3-4-5-6-7-8-9-10-11-12-13;1-10(2,3)9-7-5-4-6-8-9/h2-12H2,1H3;4-8H,1-3H3/q;+1. The lowest BCUT2D eigenvalue weighted by molar-refractivity contribution is 0.186. The molecule has 23 heavy (non-hydrogen) atoms. The van der Waals surface area contributed by atoms with Gasteiger partial charge in [0.25, 0.3) is 0 Å². The van der Waals surface area contributed by atoms with Crippen LogP contribution in [0.4, 0.5) is 5.69 Å². The van der Waals surface area contributed by atoms with Gasteiger partial charge < -0.3 is 0 Å². The molecule has 1 aromatic rings. The average molecular weight is 322 g/mol. The maximum absolute atomic E-state index is 10.1. The Labute approximate surface area is 145 Å². The van der Waals surface area contributed by atoms with Crippen LogP contribution in [-0.2, 0) is 5.11 Å². The molecule has 1 rings (SSSR count). The molecule has 1 aromatic carbocycles. The van der Waals surface area contributed by atoms with Crippen LogP contribution >= 0.6 is 0 Å². The molecule has 0 unspecified atom stereocenters. The van der Waals surface area contributed by atoms with Crippen LogP contribution in [0.2, 0.25) is 0 Å². The van der Waals surface area contributed by atoms with E-state index in [4.69, 9.17) is 0 Å². The van der Waals surface area contributed by atoms with Crippen molar-refractivity contribution in [1.29, 1.82) is 0 Å². The highest BCUT2D eigenvalue weighted by Crippen LogP contribution is 2.14. The Bertz CT molecular complexity index is 333. The minimum absolute atomic E-state index is 0.122. The number of hydrogen-bond donors (Lipinski definition) is 0. The Morgan fingerprint density at radius 3 is 1.48 bits per heavy atom. The van der Waals surface area contributed by atoms with E-state index >= 15 is 0 Å². The van der Waals surface area contributed by atoms with Gasteiger partial charge in [-0.1, -0.05) is 82.9 Å². The molecule has 0 saturated heterocycles. The SMILES string of the molecule is CCCCCCCCCCCC[O].C[N+](C)(C)c1ccccc1. The van der Waals surface area contributed by atoms with E-state index in [1.807, 2.05) is 6.07 Å². The molecule has 0 amide bonds. The van der Waals surface area contributed by atoms with Crippen molar-refractivity contribution in [3.63, 3.8) is 0 Å². The summed E-state index contributed by atoms with van der Waals surface area (Å²) < 4.78 is 0.890. The third-order valence-corrected chi connectivity index (χ3v) is 4.03. The highest BCUT2D eigenvalue weighted by atomic mass is 16.2. The molecule has 0 N–H and O–H groups in total. The lowest BCUT2D eigenvalue weighted by atomic mass is 10.1. The number of hydrogen-bond acceptors (Lipinski definition) is 0. The number of para-hydroxylation sites is 1. The Morgan fingerprint density at radius 2 is 1.13 bits per heavy atom. The second kappa shape index (κ2) is 14.7. The van der Waals surface area contributed by atoms with Crippen molar-refractivity contribution in [3.05, 3.63) is 30.3 Å². The van der Waals surface area contributed by atoms with Crippen LogP contribution in [0.1, 0.15) is 71.1 Å². The smallest absolute Gasteiger partial charge is 0.132 e. The zero-order valence-corrected chi connectivity index (χ0v) is 16.0. The summed E-state index contributed by atoms with van der Waals surface area (Å²) >= 11 is 0. The third kappa shape index (κ3) is 14.5. The molecule has 0 atom stereocenters. The van der Waals surface area contributed by atoms with Gasteiger partial charge in [-0.3, -0.25) is 4.48 Å². The molecular formula is C21H39NO+. The quantitative estimate of drug-likeness (QED) is 0.340. The first-order valence-electron chi connectivity index (χ1n) is 9.47. The molecule has 0 aliphatic carbocycles. The fraction of sp³-hybridized carbons (Fsp3) is 0.714. The molecule has 0 aromatic heterocycles. The van der Waals surface area contributed by atoms with Gasteiger partial charge in [-0.15, -0.1) is 0 Å². The molecule has 1 radical (unpaired) electrons. The van der Waals surface area contributed by atoms with Crippen LogP contribution in [0.15, 0.2) is 30.3 Å². The van der Waals surface area contributed by atoms with Crippen molar-refractivity contribution in [2.45, 2.75) is 71.1 Å². The molecule has 0 heterocycles. The Hall–Kier alpha value is -0.860. The van der Waals surface area contributed by atoms with Gasteiger partial charge in [0, 0.05) is 0 Å². The Morgan fingerprint density at radius 1 is 0.696 bits per heavy atom. The maximum atomic E-state index is 10.1. The minimum Gasteiger partial charge on any atom is -0.298 e. The number of unbranched alkanes of at least 4 members (excludes halogenated alkanes) is 9. The van der Waals surface area contributed by atoms with Gasteiger partial charge in [-0.2, -0.15) is 0 Å². The fourth-order valence-corrected chi connectivity index (χ4v) is 2.46. The van der Waals surface area contributed by atoms with E-state index < -0.39 is 0 Å². The lowest BCUT2D eigenvalue weighted by Crippen LogP contribution is -2.34. The van der Waals surface area contributed by atoms with Crippen LogP contribution in [0, 0.1) is 0 Å². The van der Waals surface area contributed by atoms with Crippen LogP contribution in [0.5, 0.6) is 0 Å². The molecule has 0 aliphatic heterocycles. The van der Waals surface area contributed by atoms with E-state index in [9.17, 15) is 5.11 Å². The third-order valence-electron chi connectivity index (χ3n) is 4.03. The summed E-state index contributed by atoms with van der Waals surface area (Å²) in [6.45, 7) is 2.37. The van der Waals surface area contributed by atoms with Gasteiger partial charge in [0.1, 0.15) is 5.69 Å². The summed E-state index contributed by atoms with van der Waals surface area (Å²) in [5.41, 5.74) is 1.34. The molecule has 0 aliphatic rings. The monoisotopic (exact) mass is 321 g/mol. The summed E-state index contributed by atoms with van der Waals surface area (Å²) in [4.78, 5) is 0. The van der Waals surface area contributed by atoms with Crippen LogP contribution in [0.25, 0.3) is 0 Å². The van der Waals surface area contributed by atoms with E-state index in [0.29, 0.717) is 0 Å². The topological polar surface area (TPSA) is 19.9 Å². The highest BCUT2D eigenvalue weighted by Gasteiger charge is 2.08. The molecule has 133 valence electrons. The predicted octanol–water partition coefficient (Wildman–Crippen LogP) is 6.22. The van der Waals surface area contributed by atoms with Gasteiger partial charge in [0.05, 0.1) is 27.7 Å². The van der Waals surface area contributed by atoms with Gasteiger partial charge >= 0.3 is 0 Å². The molecule has 2 heteroatoms. The largest absolute Gasteiger partial charge is 0.298 e. The summed E-state index contributed by atoms with van der Waals surface area (Å²) in [6.07, 6.45) is 13.0. The van der Waals surface area contributed by atoms with E-state index in [-0.39, 0.29) is 6.61 Å². The molecule has 0 fully saturated rings. The Kier molecular flexibility index (Phi) is 14.2. The van der Waals surface area contributed by atoms with Crippen molar-refractivity contribution in [2.24, 2.45) is 0 Å². The summed E-state index contributed by atoms with van der Waals surface area (Å²) in [6, 6.07) is 10.5. The zero-order chi connectivity index (χ0) is 17.4. The normalized spacial score (nSPS) is 11.0. The molecule has 2 nitrogen and oxygen atoms in total. The van der Waals surface area contributed by atoms with Gasteiger partial charge in [0.2, 0.25) is 0 Å². The molecular weight excluding hydrogens is 282 g/mol. The van der Waals surface area contributed by atoms with Crippen LogP contribution < -0.4 is 4.48 Å². The van der Waals surface area contributed by atoms with Crippen LogP contribution in [-0.4, -0.2) is 27.7 Å². The van der Waals surface area contributed by atoms with Gasteiger partial charge in [-0.25, -0.2) is 5.11 Å². The van der Waals surface area contributed by atoms with E-state index in [2.05, 4.69) is 52.3 Å². The van der Waals surface area contributed by atoms with Crippen molar-refractivity contribution >= 4 is 5.69 Å².